The van der Waals surface area contributed by atoms with E-state index in [1.807, 2.05) is 29.2 Å². The summed E-state index contributed by atoms with van der Waals surface area (Å²) in [5, 5.41) is 1.93. The van der Waals surface area contributed by atoms with E-state index in [2.05, 4.69) is 10.2 Å². The van der Waals surface area contributed by atoms with Gasteiger partial charge in [-0.3, -0.25) is 19.7 Å². The van der Waals surface area contributed by atoms with Gasteiger partial charge in [-0.05, 0) is 48.9 Å². The highest BCUT2D eigenvalue weighted by atomic mass is 32.2. The van der Waals surface area contributed by atoms with E-state index in [1.54, 1.807) is 6.08 Å². The molecule has 2 fully saturated rings. The number of carbonyl (C=O) groups is 3. The Kier molecular flexibility index (Phi) is 6.52. The van der Waals surface area contributed by atoms with Crippen LogP contribution in [0, 0.1) is 0 Å². The second-order valence-corrected chi connectivity index (χ2v) is 7.54. The van der Waals surface area contributed by atoms with E-state index in [0.29, 0.717) is 31.0 Å². The highest BCUT2D eigenvalue weighted by Gasteiger charge is 2.26. The molecule has 1 aromatic carbocycles. The van der Waals surface area contributed by atoms with Gasteiger partial charge in [0.05, 0.1) is 4.91 Å². The number of hydrogen-bond acceptors (Lipinski definition) is 6. The molecule has 3 amide bonds. The summed E-state index contributed by atoms with van der Waals surface area (Å²) in [6.45, 7) is 3.46. The standard InChI is InChI=1S/C19H24N4O3S/c20-8-4-3-7-17(24)23-11-9-22(10-12-23)15-6-2-1-5-14(15)13-16-18(25)21-19(26)27-16/h1-2,5-6,13H,3-4,7-12,20H2,(H,21,25,26)/b16-13+. The summed E-state index contributed by atoms with van der Waals surface area (Å²) in [5.41, 5.74) is 7.39. The van der Waals surface area contributed by atoms with E-state index >= 15 is 0 Å². The fraction of sp³-hybridized carbons (Fsp3) is 0.421. The summed E-state index contributed by atoms with van der Waals surface area (Å²) < 4.78 is 0. The molecule has 0 atom stereocenters. The van der Waals surface area contributed by atoms with E-state index < -0.39 is 0 Å². The summed E-state index contributed by atoms with van der Waals surface area (Å²) in [4.78, 5) is 40.0. The van der Waals surface area contributed by atoms with Crippen molar-refractivity contribution in [2.75, 3.05) is 37.6 Å². The average Bonchev–Trinajstić information content (AvgIpc) is 2.99. The molecule has 0 bridgehead atoms. The summed E-state index contributed by atoms with van der Waals surface area (Å²) in [5.74, 6) is -0.163. The first-order chi connectivity index (χ1) is 13.1. The van der Waals surface area contributed by atoms with Crippen LogP contribution in [0.15, 0.2) is 29.2 Å². The maximum absolute atomic E-state index is 12.3. The van der Waals surface area contributed by atoms with Gasteiger partial charge in [-0.25, -0.2) is 0 Å². The van der Waals surface area contributed by atoms with Crippen molar-refractivity contribution in [1.29, 1.82) is 0 Å². The third kappa shape index (κ3) is 4.90. The molecule has 0 spiro atoms. The Morgan fingerprint density at radius 2 is 1.89 bits per heavy atom. The number of rotatable bonds is 6. The number of nitrogens with one attached hydrogen (secondary N) is 1. The first-order valence-corrected chi connectivity index (χ1v) is 9.97. The van der Waals surface area contributed by atoms with Gasteiger partial charge in [0.15, 0.2) is 0 Å². The minimum Gasteiger partial charge on any atom is -0.367 e. The Morgan fingerprint density at radius 1 is 1.15 bits per heavy atom. The van der Waals surface area contributed by atoms with Crippen LogP contribution < -0.4 is 16.0 Å². The quantitative estimate of drug-likeness (QED) is 0.570. The number of hydrogen-bond donors (Lipinski definition) is 2. The number of imide groups is 1. The lowest BCUT2D eigenvalue weighted by Gasteiger charge is -2.37. The Bertz CT molecular complexity index is 757. The van der Waals surface area contributed by atoms with Gasteiger partial charge in [-0.1, -0.05) is 18.2 Å². The minimum absolute atomic E-state index is 0.191. The summed E-state index contributed by atoms with van der Waals surface area (Å²) in [7, 11) is 0. The van der Waals surface area contributed by atoms with Gasteiger partial charge in [0.1, 0.15) is 0 Å². The molecule has 2 heterocycles. The SMILES string of the molecule is NCCCCC(=O)N1CCN(c2ccccc2/C=C2/SC(=O)NC2=O)CC1. The topological polar surface area (TPSA) is 95.7 Å². The fourth-order valence-electron chi connectivity index (χ4n) is 3.24. The molecule has 0 unspecified atom stereocenters. The van der Waals surface area contributed by atoms with Crippen LogP contribution in [0.3, 0.4) is 0 Å². The van der Waals surface area contributed by atoms with Crippen LogP contribution in [0.25, 0.3) is 6.08 Å². The van der Waals surface area contributed by atoms with Gasteiger partial charge in [-0.15, -0.1) is 0 Å². The molecule has 3 N–H and O–H groups in total. The molecule has 0 aromatic heterocycles. The number of nitrogens with two attached hydrogens (primary N) is 1. The first kappa shape index (κ1) is 19.4. The first-order valence-electron chi connectivity index (χ1n) is 9.15. The highest BCUT2D eigenvalue weighted by molar-refractivity contribution is 8.18. The van der Waals surface area contributed by atoms with Crippen LogP contribution in [-0.4, -0.2) is 54.7 Å². The molecule has 0 saturated carbocycles. The largest absolute Gasteiger partial charge is 0.367 e. The Balaban J connectivity index is 1.65. The highest BCUT2D eigenvalue weighted by Crippen LogP contribution is 2.30. The van der Waals surface area contributed by atoms with Crippen LogP contribution >= 0.6 is 11.8 Å². The van der Waals surface area contributed by atoms with E-state index in [0.717, 1.165) is 48.9 Å². The third-order valence-corrected chi connectivity index (χ3v) is 5.49. The van der Waals surface area contributed by atoms with Crippen LogP contribution in [0.5, 0.6) is 0 Å². The summed E-state index contributed by atoms with van der Waals surface area (Å²) in [6.07, 6.45) is 4.02. The van der Waals surface area contributed by atoms with Crippen molar-refractivity contribution in [1.82, 2.24) is 10.2 Å². The lowest BCUT2D eigenvalue weighted by Crippen LogP contribution is -2.49. The van der Waals surface area contributed by atoms with Crippen molar-refractivity contribution in [3.63, 3.8) is 0 Å². The number of amides is 3. The number of piperazine rings is 1. The molecule has 1 aromatic rings. The molecular formula is C19H24N4O3S. The molecule has 2 saturated heterocycles. The predicted octanol–water partition coefficient (Wildman–Crippen LogP) is 1.79. The molecule has 3 rings (SSSR count). The normalized spacial score (nSPS) is 18.9. The van der Waals surface area contributed by atoms with Crippen LogP contribution in [0.2, 0.25) is 0 Å². The number of nitrogens with zero attached hydrogens (tertiary/aromatic N) is 2. The zero-order valence-corrected chi connectivity index (χ0v) is 16.0. The molecule has 8 heteroatoms. The molecule has 27 heavy (non-hydrogen) atoms. The molecule has 0 radical (unpaired) electrons. The van der Waals surface area contributed by atoms with Crippen molar-refractivity contribution < 1.29 is 14.4 Å². The van der Waals surface area contributed by atoms with Gasteiger partial charge in [0.2, 0.25) is 5.91 Å². The van der Waals surface area contributed by atoms with Crippen molar-refractivity contribution in [3.8, 4) is 0 Å². The number of benzene rings is 1. The Morgan fingerprint density at radius 3 is 2.56 bits per heavy atom. The van der Waals surface area contributed by atoms with Crippen LogP contribution in [0.1, 0.15) is 24.8 Å². The fourth-order valence-corrected chi connectivity index (χ4v) is 3.91. The second-order valence-electron chi connectivity index (χ2n) is 6.52. The maximum Gasteiger partial charge on any atom is 0.290 e. The summed E-state index contributed by atoms with van der Waals surface area (Å²) in [6, 6.07) is 7.80. The van der Waals surface area contributed by atoms with Crippen molar-refractivity contribution >= 4 is 40.6 Å². The van der Waals surface area contributed by atoms with Gasteiger partial charge in [0, 0.05) is 38.3 Å². The van der Waals surface area contributed by atoms with E-state index in [9.17, 15) is 14.4 Å². The number of unbranched alkanes of at least 4 members (excludes halogenated alkanes) is 1. The molecule has 2 aliphatic heterocycles. The van der Waals surface area contributed by atoms with E-state index in [1.165, 1.54) is 0 Å². The number of anilines is 1. The second kappa shape index (κ2) is 9.05. The number of carbonyl (C=O) groups excluding carboxylic acids is 3. The van der Waals surface area contributed by atoms with E-state index in [4.69, 9.17) is 5.73 Å². The Labute approximate surface area is 162 Å². The van der Waals surface area contributed by atoms with Crippen LogP contribution in [0.4, 0.5) is 10.5 Å². The maximum atomic E-state index is 12.3. The molecular weight excluding hydrogens is 364 g/mol. The number of para-hydroxylation sites is 1. The minimum atomic E-state index is -0.354. The molecule has 2 aliphatic rings. The van der Waals surface area contributed by atoms with Crippen molar-refractivity contribution in [2.45, 2.75) is 19.3 Å². The summed E-state index contributed by atoms with van der Waals surface area (Å²) >= 11 is 0.919. The van der Waals surface area contributed by atoms with Crippen molar-refractivity contribution in [3.05, 3.63) is 34.7 Å². The van der Waals surface area contributed by atoms with Gasteiger partial charge >= 0.3 is 0 Å². The smallest absolute Gasteiger partial charge is 0.290 e. The third-order valence-electron chi connectivity index (χ3n) is 4.68. The Hall–Kier alpha value is -2.32. The lowest BCUT2D eigenvalue weighted by atomic mass is 10.1. The molecule has 0 aliphatic carbocycles. The zero-order valence-electron chi connectivity index (χ0n) is 15.1. The van der Waals surface area contributed by atoms with Gasteiger partial charge in [0.25, 0.3) is 11.1 Å². The van der Waals surface area contributed by atoms with E-state index in [-0.39, 0.29) is 17.1 Å². The number of thioether (sulfide) groups is 1. The lowest BCUT2D eigenvalue weighted by molar-refractivity contribution is -0.131. The molecule has 144 valence electrons. The average molecular weight is 388 g/mol. The molecule has 7 nitrogen and oxygen atoms in total. The predicted molar refractivity (Wildman–Crippen MR) is 107 cm³/mol. The van der Waals surface area contributed by atoms with Crippen molar-refractivity contribution in [2.24, 2.45) is 5.73 Å². The van der Waals surface area contributed by atoms with Gasteiger partial charge in [-0.2, -0.15) is 0 Å². The zero-order chi connectivity index (χ0) is 19.2. The van der Waals surface area contributed by atoms with Crippen LogP contribution in [-0.2, 0) is 9.59 Å². The monoisotopic (exact) mass is 388 g/mol. The van der Waals surface area contributed by atoms with Gasteiger partial charge < -0.3 is 15.5 Å².